The van der Waals surface area contributed by atoms with Crippen molar-refractivity contribution in [3.8, 4) is 5.88 Å². The third-order valence-electron chi connectivity index (χ3n) is 2.77. The highest BCUT2D eigenvalue weighted by atomic mass is 16.5. The summed E-state index contributed by atoms with van der Waals surface area (Å²) < 4.78 is 5.08. The Bertz CT molecular complexity index is 350. The van der Waals surface area contributed by atoms with E-state index in [0.29, 0.717) is 17.9 Å². The SMILES string of the molecule is CCCCCCCC(=O)c1cccnc1OC. The molecule has 0 atom stereocenters. The summed E-state index contributed by atoms with van der Waals surface area (Å²) in [7, 11) is 1.54. The van der Waals surface area contributed by atoms with Crippen LogP contribution in [0.1, 0.15) is 55.8 Å². The summed E-state index contributed by atoms with van der Waals surface area (Å²) in [5.41, 5.74) is 0.602. The Labute approximate surface area is 103 Å². The van der Waals surface area contributed by atoms with Crippen LogP contribution in [-0.2, 0) is 0 Å². The smallest absolute Gasteiger partial charge is 0.224 e. The van der Waals surface area contributed by atoms with Gasteiger partial charge in [0.2, 0.25) is 5.88 Å². The number of aromatic nitrogens is 1. The molecule has 3 heteroatoms. The molecule has 0 spiro atoms. The number of Topliss-reactive ketones (excluding diaryl/α,β-unsaturated/α-hetero) is 1. The van der Waals surface area contributed by atoms with Crippen molar-refractivity contribution in [3.63, 3.8) is 0 Å². The van der Waals surface area contributed by atoms with Gasteiger partial charge in [-0.15, -0.1) is 0 Å². The second-order valence-corrected chi connectivity index (χ2v) is 4.15. The maximum absolute atomic E-state index is 11.9. The number of unbranched alkanes of at least 4 members (excludes halogenated alkanes) is 4. The quantitative estimate of drug-likeness (QED) is 0.510. The molecule has 17 heavy (non-hydrogen) atoms. The second-order valence-electron chi connectivity index (χ2n) is 4.15. The highest BCUT2D eigenvalue weighted by molar-refractivity contribution is 5.98. The summed E-state index contributed by atoms with van der Waals surface area (Å²) in [6.07, 6.45) is 8.00. The molecule has 1 heterocycles. The number of hydrogen-bond acceptors (Lipinski definition) is 3. The van der Waals surface area contributed by atoms with Crippen molar-refractivity contribution in [2.24, 2.45) is 0 Å². The van der Waals surface area contributed by atoms with Gasteiger partial charge in [0.15, 0.2) is 5.78 Å². The Morgan fingerprint density at radius 2 is 2.06 bits per heavy atom. The Morgan fingerprint density at radius 3 is 2.76 bits per heavy atom. The number of pyridine rings is 1. The second kappa shape index (κ2) is 7.82. The Morgan fingerprint density at radius 1 is 1.29 bits per heavy atom. The fourth-order valence-corrected chi connectivity index (χ4v) is 1.79. The third-order valence-corrected chi connectivity index (χ3v) is 2.77. The first-order valence-electron chi connectivity index (χ1n) is 6.31. The van der Waals surface area contributed by atoms with Gasteiger partial charge in [0.1, 0.15) is 0 Å². The molecule has 0 saturated carbocycles. The molecule has 0 radical (unpaired) electrons. The minimum atomic E-state index is 0.131. The van der Waals surface area contributed by atoms with E-state index in [1.54, 1.807) is 25.4 Å². The normalized spacial score (nSPS) is 10.2. The third kappa shape index (κ3) is 4.55. The molecule has 0 saturated heterocycles. The molecule has 1 aromatic heterocycles. The van der Waals surface area contributed by atoms with Gasteiger partial charge in [-0.25, -0.2) is 4.98 Å². The van der Waals surface area contributed by atoms with Gasteiger partial charge in [-0.05, 0) is 18.6 Å². The lowest BCUT2D eigenvalue weighted by molar-refractivity contribution is 0.0975. The van der Waals surface area contributed by atoms with Gasteiger partial charge in [-0.2, -0.15) is 0 Å². The molecular weight excluding hydrogens is 214 g/mol. The zero-order valence-electron chi connectivity index (χ0n) is 10.7. The molecule has 0 bridgehead atoms. The molecule has 3 nitrogen and oxygen atoms in total. The summed E-state index contributed by atoms with van der Waals surface area (Å²) in [6, 6.07) is 3.55. The van der Waals surface area contributed by atoms with E-state index in [4.69, 9.17) is 4.74 Å². The maximum atomic E-state index is 11.9. The van der Waals surface area contributed by atoms with Crippen molar-refractivity contribution in [2.75, 3.05) is 7.11 Å². The van der Waals surface area contributed by atoms with Crippen LogP contribution in [0.25, 0.3) is 0 Å². The number of hydrogen-bond donors (Lipinski definition) is 0. The van der Waals surface area contributed by atoms with Crippen molar-refractivity contribution in [1.29, 1.82) is 0 Å². The Balaban J connectivity index is 2.41. The highest BCUT2D eigenvalue weighted by Gasteiger charge is 2.11. The first-order valence-corrected chi connectivity index (χ1v) is 6.31. The van der Waals surface area contributed by atoms with Crippen LogP contribution in [-0.4, -0.2) is 17.9 Å². The summed E-state index contributed by atoms with van der Waals surface area (Å²) in [5, 5.41) is 0. The number of methoxy groups -OCH3 is 1. The number of carbonyl (C=O) groups is 1. The van der Waals surface area contributed by atoms with Gasteiger partial charge in [0.05, 0.1) is 12.7 Å². The minimum absolute atomic E-state index is 0.131. The lowest BCUT2D eigenvalue weighted by Crippen LogP contribution is -2.03. The molecular formula is C14H21NO2. The van der Waals surface area contributed by atoms with Gasteiger partial charge in [-0.3, -0.25) is 4.79 Å². The number of ether oxygens (including phenoxy) is 1. The Hall–Kier alpha value is -1.38. The van der Waals surface area contributed by atoms with Crippen LogP contribution >= 0.6 is 0 Å². The topological polar surface area (TPSA) is 39.2 Å². The predicted octanol–water partition coefficient (Wildman–Crippen LogP) is 3.63. The van der Waals surface area contributed by atoms with Crippen molar-refractivity contribution < 1.29 is 9.53 Å². The van der Waals surface area contributed by atoms with E-state index < -0.39 is 0 Å². The van der Waals surface area contributed by atoms with Gasteiger partial charge >= 0.3 is 0 Å². The molecule has 0 aromatic carbocycles. The molecule has 0 N–H and O–H groups in total. The van der Waals surface area contributed by atoms with Crippen LogP contribution in [0.5, 0.6) is 5.88 Å². The lowest BCUT2D eigenvalue weighted by atomic mass is 10.0. The van der Waals surface area contributed by atoms with Gasteiger partial charge < -0.3 is 4.74 Å². The van der Waals surface area contributed by atoms with Crippen LogP contribution in [0.4, 0.5) is 0 Å². The van der Waals surface area contributed by atoms with Gasteiger partial charge in [0.25, 0.3) is 0 Å². The first kappa shape index (κ1) is 13.7. The van der Waals surface area contributed by atoms with E-state index in [1.807, 2.05) is 0 Å². The molecule has 0 amide bonds. The van der Waals surface area contributed by atoms with Crippen molar-refractivity contribution >= 4 is 5.78 Å². The van der Waals surface area contributed by atoms with E-state index in [1.165, 1.54) is 19.3 Å². The molecule has 1 rings (SSSR count). The van der Waals surface area contributed by atoms with E-state index in [-0.39, 0.29) is 5.78 Å². The molecule has 0 fully saturated rings. The van der Waals surface area contributed by atoms with Crippen LogP contribution in [0, 0.1) is 0 Å². The van der Waals surface area contributed by atoms with Crippen molar-refractivity contribution in [1.82, 2.24) is 4.98 Å². The van der Waals surface area contributed by atoms with Crippen LogP contribution in [0.2, 0.25) is 0 Å². The van der Waals surface area contributed by atoms with Crippen LogP contribution < -0.4 is 4.74 Å². The fraction of sp³-hybridized carbons (Fsp3) is 0.571. The van der Waals surface area contributed by atoms with E-state index in [9.17, 15) is 4.79 Å². The standard InChI is InChI=1S/C14H21NO2/c1-3-4-5-6-7-10-13(16)12-9-8-11-15-14(12)17-2/h8-9,11H,3-7,10H2,1-2H3. The summed E-state index contributed by atoms with van der Waals surface area (Å²) >= 11 is 0. The first-order chi connectivity index (χ1) is 8.29. The molecule has 0 aliphatic carbocycles. The number of rotatable bonds is 8. The Kier molecular flexibility index (Phi) is 6.30. The molecule has 0 aliphatic heterocycles. The molecule has 94 valence electrons. The zero-order valence-corrected chi connectivity index (χ0v) is 10.7. The summed E-state index contributed by atoms with van der Waals surface area (Å²) in [5.74, 6) is 0.567. The predicted molar refractivity (Wildman–Crippen MR) is 68.5 cm³/mol. The summed E-state index contributed by atoms with van der Waals surface area (Å²) in [4.78, 5) is 16.0. The van der Waals surface area contributed by atoms with Crippen LogP contribution in [0.3, 0.4) is 0 Å². The number of carbonyl (C=O) groups excluding carboxylic acids is 1. The van der Waals surface area contributed by atoms with Crippen molar-refractivity contribution in [2.45, 2.75) is 45.4 Å². The molecule has 0 unspecified atom stereocenters. The fourth-order valence-electron chi connectivity index (χ4n) is 1.79. The summed E-state index contributed by atoms with van der Waals surface area (Å²) in [6.45, 7) is 2.19. The van der Waals surface area contributed by atoms with E-state index in [2.05, 4.69) is 11.9 Å². The zero-order chi connectivity index (χ0) is 12.5. The lowest BCUT2D eigenvalue weighted by Gasteiger charge is -2.05. The number of nitrogens with zero attached hydrogens (tertiary/aromatic N) is 1. The average molecular weight is 235 g/mol. The van der Waals surface area contributed by atoms with Crippen molar-refractivity contribution in [3.05, 3.63) is 23.9 Å². The molecule has 0 aliphatic rings. The largest absolute Gasteiger partial charge is 0.480 e. The van der Waals surface area contributed by atoms with Gasteiger partial charge in [-0.1, -0.05) is 32.6 Å². The monoisotopic (exact) mass is 235 g/mol. The van der Waals surface area contributed by atoms with E-state index in [0.717, 1.165) is 12.8 Å². The van der Waals surface area contributed by atoms with Crippen LogP contribution in [0.15, 0.2) is 18.3 Å². The number of ketones is 1. The molecule has 1 aromatic rings. The average Bonchev–Trinajstić information content (AvgIpc) is 2.38. The minimum Gasteiger partial charge on any atom is -0.480 e. The maximum Gasteiger partial charge on any atom is 0.224 e. The van der Waals surface area contributed by atoms with E-state index >= 15 is 0 Å². The van der Waals surface area contributed by atoms with Gasteiger partial charge in [0, 0.05) is 12.6 Å². The highest BCUT2D eigenvalue weighted by Crippen LogP contribution is 2.17.